The quantitative estimate of drug-likeness (QED) is 0.447. The summed E-state index contributed by atoms with van der Waals surface area (Å²) in [7, 11) is -2.55. The van der Waals surface area contributed by atoms with Gasteiger partial charge in [-0.15, -0.1) is 0 Å². The number of carbonyl (C=O) groups is 2. The molecule has 0 saturated heterocycles. The van der Waals surface area contributed by atoms with E-state index in [9.17, 15) is 9.59 Å². The second kappa shape index (κ2) is 7.90. The Morgan fingerprint density at radius 2 is 1.53 bits per heavy atom. The van der Waals surface area contributed by atoms with E-state index in [1.807, 2.05) is 6.92 Å². The molecule has 0 saturated carbocycles. The van der Waals surface area contributed by atoms with E-state index < -0.39 is 20.5 Å². The molecule has 0 heterocycles. The van der Waals surface area contributed by atoms with Crippen molar-refractivity contribution in [1.82, 2.24) is 0 Å². The first-order valence-corrected chi connectivity index (χ1v) is 6.76. The van der Waals surface area contributed by atoms with Crippen molar-refractivity contribution < 1.29 is 23.2 Å². The first kappa shape index (κ1) is 16.0. The normalized spacial score (nSPS) is 9.07. The number of carbonyl (C=O) groups excluding carboxylic acids is 3. The molecule has 0 atom stereocenters. The van der Waals surface area contributed by atoms with Crippen LogP contribution in [0.2, 0.25) is 12.6 Å². The second-order valence-corrected chi connectivity index (χ2v) is 6.16. The van der Waals surface area contributed by atoms with Crippen molar-refractivity contribution in [2.45, 2.75) is 33.4 Å². The van der Waals surface area contributed by atoms with Gasteiger partial charge in [0.15, 0.2) is 0 Å². The fourth-order valence-electron chi connectivity index (χ4n) is 0.773. The standard InChI is InChI=1S/C7H14O4Si.CHNO/c1-5-12(4,10-6(2)8)11-7(3)9;2-1-3/h5H2,1-4H3;2H. The van der Waals surface area contributed by atoms with Crippen molar-refractivity contribution >= 4 is 26.6 Å². The zero-order valence-electron chi connectivity index (χ0n) is 9.25. The highest BCUT2D eigenvalue weighted by atomic mass is 28.4. The third kappa shape index (κ3) is 10.5. The Morgan fingerprint density at radius 3 is 1.67 bits per heavy atom. The van der Waals surface area contributed by atoms with Gasteiger partial charge in [-0.2, -0.15) is 0 Å². The summed E-state index contributed by atoms with van der Waals surface area (Å²) in [6.45, 7) is 6.14. The Labute approximate surface area is 89.3 Å². The van der Waals surface area contributed by atoms with E-state index in [1.54, 1.807) is 6.55 Å². The smallest absolute Gasteiger partial charge is 0.460 e. The van der Waals surface area contributed by atoms with Crippen LogP contribution in [0.15, 0.2) is 0 Å². The SMILES string of the molecule is CC[Si](C)(OC(C)=O)OC(C)=O.N=C=O. The highest BCUT2D eigenvalue weighted by Gasteiger charge is 2.35. The van der Waals surface area contributed by atoms with Gasteiger partial charge in [0.05, 0.1) is 0 Å². The van der Waals surface area contributed by atoms with E-state index in [2.05, 4.69) is 0 Å². The summed E-state index contributed by atoms with van der Waals surface area (Å²) in [4.78, 5) is 29.6. The Balaban J connectivity index is 0. The first-order valence-electron chi connectivity index (χ1n) is 4.24. The number of rotatable bonds is 3. The summed E-state index contributed by atoms with van der Waals surface area (Å²) in [6, 6.07) is 0.576. The maximum absolute atomic E-state index is 10.6. The number of nitrogens with one attached hydrogen (secondary N) is 1. The van der Waals surface area contributed by atoms with Gasteiger partial charge in [-0.25, -0.2) is 10.2 Å². The van der Waals surface area contributed by atoms with Gasteiger partial charge in [-0.1, -0.05) is 6.92 Å². The fourth-order valence-corrected chi connectivity index (χ4v) is 2.32. The van der Waals surface area contributed by atoms with Crippen LogP contribution in [0.4, 0.5) is 0 Å². The summed E-state index contributed by atoms with van der Waals surface area (Å²) in [5.74, 6) is -0.792. The Kier molecular flexibility index (Phi) is 8.41. The largest absolute Gasteiger partial charge is 0.485 e. The molecule has 0 radical (unpaired) electrons. The minimum Gasteiger partial charge on any atom is -0.485 e. The highest BCUT2D eigenvalue weighted by molar-refractivity contribution is 6.68. The molecule has 15 heavy (non-hydrogen) atoms. The molecule has 0 rings (SSSR count). The van der Waals surface area contributed by atoms with Crippen LogP contribution in [0.1, 0.15) is 20.8 Å². The van der Waals surface area contributed by atoms with Crippen LogP contribution in [-0.4, -0.2) is 26.6 Å². The Hall–Kier alpha value is -1.46. The molecule has 7 heteroatoms. The molecular weight excluding hydrogens is 218 g/mol. The maximum atomic E-state index is 10.6. The third-order valence-electron chi connectivity index (χ3n) is 1.36. The molecular formula is C8H15NO5Si. The van der Waals surface area contributed by atoms with Crippen molar-refractivity contribution in [3.05, 3.63) is 0 Å². The molecule has 0 spiro atoms. The van der Waals surface area contributed by atoms with Gasteiger partial charge in [0, 0.05) is 26.4 Å². The Morgan fingerprint density at radius 1 is 1.27 bits per heavy atom. The van der Waals surface area contributed by atoms with Gasteiger partial charge in [-0.3, -0.25) is 9.59 Å². The van der Waals surface area contributed by atoms with Crippen molar-refractivity contribution in [2.75, 3.05) is 0 Å². The molecule has 0 fully saturated rings. The van der Waals surface area contributed by atoms with Crippen LogP contribution >= 0.6 is 0 Å². The van der Waals surface area contributed by atoms with E-state index in [0.29, 0.717) is 6.04 Å². The number of isocyanates is 1. The van der Waals surface area contributed by atoms with Crippen molar-refractivity contribution in [2.24, 2.45) is 0 Å². The van der Waals surface area contributed by atoms with Crippen LogP contribution in [0.3, 0.4) is 0 Å². The molecule has 0 aliphatic carbocycles. The van der Waals surface area contributed by atoms with Gasteiger partial charge < -0.3 is 8.85 Å². The van der Waals surface area contributed by atoms with Crippen LogP contribution < -0.4 is 0 Å². The minimum absolute atomic E-state index is 0.396. The van der Waals surface area contributed by atoms with Crippen LogP contribution in [0, 0.1) is 5.41 Å². The molecule has 0 amide bonds. The molecule has 6 nitrogen and oxygen atoms in total. The average Bonchev–Trinajstić information content (AvgIpc) is 2.02. The highest BCUT2D eigenvalue weighted by Crippen LogP contribution is 2.12. The van der Waals surface area contributed by atoms with Crippen LogP contribution in [0.5, 0.6) is 0 Å². The van der Waals surface area contributed by atoms with Crippen molar-refractivity contribution in [3.63, 3.8) is 0 Å². The van der Waals surface area contributed by atoms with Gasteiger partial charge >= 0.3 is 8.56 Å². The predicted octanol–water partition coefficient (Wildman–Crippen LogP) is 1.11. The van der Waals surface area contributed by atoms with E-state index in [0.717, 1.165) is 6.08 Å². The molecule has 0 aliphatic rings. The molecule has 86 valence electrons. The molecule has 0 aromatic heterocycles. The lowest BCUT2D eigenvalue weighted by Crippen LogP contribution is -2.40. The van der Waals surface area contributed by atoms with Gasteiger partial charge in [0.25, 0.3) is 11.9 Å². The van der Waals surface area contributed by atoms with E-state index in [-0.39, 0.29) is 0 Å². The van der Waals surface area contributed by atoms with Crippen LogP contribution in [-0.2, 0) is 23.2 Å². The fraction of sp³-hybridized carbons (Fsp3) is 0.625. The summed E-state index contributed by atoms with van der Waals surface area (Å²) in [5, 5.41) is 5.40. The molecule has 0 unspecified atom stereocenters. The van der Waals surface area contributed by atoms with Gasteiger partial charge in [-0.05, 0) is 0 Å². The summed E-state index contributed by atoms with van der Waals surface area (Å²) < 4.78 is 9.91. The summed E-state index contributed by atoms with van der Waals surface area (Å²) >= 11 is 0. The van der Waals surface area contributed by atoms with E-state index >= 15 is 0 Å². The minimum atomic E-state index is -2.55. The monoisotopic (exact) mass is 233 g/mol. The van der Waals surface area contributed by atoms with Gasteiger partial charge in [0.1, 0.15) is 0 Å². The molecule has 0 bridgehead atoms. The first-order chi connectivity index (χ1) is 6.81. The third-order valence-corrected chi connectivity index (χ3v) is 4.08. The topological polar surface area (TPSA) is 93.5 Å². The Bertz CT molecular complexity index is 244. The summed E-state index contributed by atoms with van der Waals surface area (Å²) in [5.41, 5.74) is 0. The van der Waals surface area contributed by atoms with Crippen molar-refractivity contribution in [3.8, 4) is 0 Å². The molecule has 0 aliphatic heterocycles. The lowest BCUT2D eigenvalue weighted by molar-refractivity contribution is -0.138. The average molecular weight is 233 g/mol. The van der Waals surface area contributed by atoms with Crippen molar-refractivity contribution in [1.29, 1.82) is 5.41 Å². The zero-order valence-corrected chi connectivity index (χ0v) is 10.2. The van der Waals surface area contributed by atoms with Crippen LogP contribution in [0.25, 0.3) is 0 Å². The second-order valence-electron chi connectivity index (χ2n) is 2.78. The number of hydrogen-bond donors (Lipinski definition) is 1. The maximum Gasteiger partial charge on any atom is 0.460 e. The van der Waals surface area contributed by atoms with E-state index in [4.69, 9.17) is 19.1 Å². The molecule has 1 N–H and O–H groups in total. The summed E-state index contributed by atoms with van der Waals surface area (Å²) in [6.07, 6.45) is 0.750. The van der Waals surface area contributed by atoms with Gasteiger partial charge in [0.2, 0.25) is 6.08 Å². The van der Waals surface area contributed by atoms with E-state index in [1.165, 1.54) is 13.8 Å². The lowest BCUT2D eigenvalue weighted by Gasteiger charge is -2.23. The number of hydrogen-bond acceptors (Lipinski definition) is 6. The predicted molar refractivity (Wildman–Crippen MR) is 54.0 cm³/mol. The lowest BCUT2D eigenvalue weighted by atomic mass is 10.9. The zero-order chi connectivity index (χ0) is 12.5. The molecule has 0 aromatic carbocycles. The molecule has 0 aromatic rings.